The van der Waals surface area contributed by atoms with Crippen LogP contribution in [0.1, 0.15) is 21.5 Å². The van der Waals surface area contributed by atoms with Crippen molar-refractivity contribution in [1.29, 1.82) is 0 Å². The number of amides is 1. The van der Waals surface area contributed by atoms with E-state index in [9.17, 15) is 9.59 Å². The molecule has 0 saturated heterocycles. The summed E-state index contributed by atoms with van der Waals surface area (Å²) in [5.74, 6) is -0.136. The van der Waals surface area contributed by atoms with Gasteiger partial charge in [0.2, 0.25) is 0 Å². The van der Waals surface area contributed by atoms with Crippen LogP contribution in [0.2, 0.25) is 0 Å². The third kappa shape index (κ3) is 3.94. The van der Waals surface area contributed by atoms with Crippen molar-refractivity contribution < 1.29 is 4.79 Å². The van der Waals surface area contributed by atoms with Gasteiger partial charge in [-0.15, -0.1) is 0 Å². The zero-order valence-electron chi connectivity index (χ0n) is 15.3. The predicted molar refractivity (Wildman–Crippen MR) is 106 cm³/mol. The standard InChI is InChI=1S/C21H23N3O2/c1-14-4-5-16-13-17(21(26)23-19(16)12-14)10-11-22-20(25)15-6-8-18(9-7-15)24(2)3/h4-9,12-13H,10-11H2,1-3H3,(H,22,25)(H,23,26). The Labute approximate surface area is 152 Å². The largest absolute Gasteiger partial charge is 0.378 e. The maximum absolute atomic E-state index is 12.2. The van der Waals surface area contributed by atoms with E-state index in [4.69, 9.17) is 0 Å². The van der Waals surface area contributed by atoms with Crippen molar-refractivity contribution >= 4 is 22.5 Å². The first-order valence-corrected chi connectivity index (χ1v) is 8.62. The van der Waals surface area contributed by atoms with Gasteiger partial charge in [0.1, 0.15) is 0 Å². The molecule has 5 nitrogen and oxygen atoms in total. The Morgan fingerprint density at radius 1 is 1.08 bits per heavy atom. The lowest BCUT2D eigenvalue weighted by Gasteiger charge is -2.12. The number of pyridine rings is 1. The quantitative estimate of drug-likeness (QED) is 0.744. The first kappa shape index (κ1) is 17.7. The number of H-pyrrole nitrogens is 1. The van der Waals surface area contributed by atoms with Gasteiger partial charge in [-0.05, 0) is 60.7 Å². The second-order valence-electron chi connectivity index (χ2n) is 6.66. The molecule has 5 heteroatoms. The van der Waals surface area contributed by atoms with Gasteiger partial charge in [0.05, 0.1) is 0 Å². The van der Waals surface area contributed by atoms with Crippen LogP contribution in [0.5, 0.6) is 0 Å². The first-order chi connectivity index (χ1) is 12.4. The number of aryl methyl sites for hydroxylation is 1. The van der Waals surface area contributed by atoms with Crippen LogP contribution in [0.4, 0.5) is 5.69 Å². The third-order valence-corrected chi connectivity index (χ3v) is 4.40. The molecule has 1 heterocycles. The Bertz CT molecular complexity index is 988. The highest BCUT2D eigenvalue weighted by Crippen LogP contribution is 2.14. The van der Waals surface area contributed by atoms with Gasteiger partial charge in [-0.25, -0.2) is 0 Å². The molecule has 0 radical (unpaired) electrons. The molecule has 0 fully saturated rings. The van der Waals surface area contributed by atoms with Crippen molar-refractivity contribution in [3.63, 3.8) is 0 Å². The lowest BCUT2D eigenvalue weighted by Crippen LogP contribution is -2.27. The summed E-state index contributed by atoms with van der Waals surface area (Å²) in [5, 5.41) is 3.87. The molecule has 1 aromatic heterocycles. The number of rotatable bonds is 5. The fourth-order valence-electron chi connectivity index (χ4n) is 2.87. The highest BCUT2D eigenvalue weighted by molar-refractivity contribution is 5.94. The molecule has 0 unspecified atom stereocenters. The normalized spacial score (nSPS) is 10.7. The average Bonchev–Trinajstić information content (AvgIpc) is 2.62. The molecule has 2 N–H and O–H groups in total. The fraction of sp³-hybridized carbons (Fsp3) is 0.238. The average molecular weight is 349 g/mol. The van der Waals surface area contributed by atoms with Gasteiger partial charge in [0.25, 0.3) is 11.5 Å². The Kier molecular flexibility index (Phi) is 5.07. The van der Waals surface area contributed by atoms with Crippen LogP contribution >= 0.6 is 0 Å². The maximum atomic E-state index is 12.2. The van der Waals surface area contributed by atoms with E-state index in [1.807, 2.05) is 62.3 Å². The minimum absolute atomic E-state index is 0.104. The molecule has 0 bridgehead atoms. The minimum Gasteiger partial charge on any atom is -0.378 e. The molecule has 26 heavy (non-hydrogen) atoms. The number of aromatic amines is 1. The van der Waals surface area contributed by atoms with Gasteiger partial charge in [-0.1, -0.05) is 12.1 Å². The number of carbonyl (C=O) groups excluding carboxylic acids is 1. The topological polar surface area (TPSA) is 65.2 Å². The molecular weight excluding hydrogens is 326 g/mol. The van der Waals surface area contributed by atoms with Gasteiger partial charge >= 0.3 is 0 Å². The van der Waals surface area contributed by atoms with Crippen LogP contribution in [0.25, 0.3) is 10.9 Å². The zero-order chi connectivity index (χ0) is 18.7. The number of nitrogens with one attached hydrogen (secondary N) is 2. The monoisotopic (exact) mass is 349 g/mol. The molecule has 0 aliphatic heterocycles. The molecule has 0 spiro atoms. The van der Waals surface area contributed by atoms with Crippen LogP contribution in [-0.4, -0.2) is 31.5 Å². The highest BCUT2D eigenvalue weighted by Gasteiger charge is 2.07. The molecule has 0 aliphatic carbocycles. The maximum Gasteiger partial charge on any atom is 0.251 e. The summed E-state index contributed by atoms with van der Waals surface area (Å²) in [4.78, 5) is 29.4. The number of nitrogens with zero attached hydrogens (tertiary/aromatic N) is 1. The van der Waals surface area contributed by atoms with E-state index in [-0.39, 0.29) is 11.5 Å². The fourth-order valence-corrected chi connectivity index (χ4v) is 2.87. The van der Waals surface area contributed by atoms with Gasteiger partial charge in [-0.3, -0.25) is 9.59 Å². The van der Waals surface area contributed by atoms with Crippen molar-refractivity contribution in [1.82, 2.24) is 10.3 Å². The summed E-state index contributed by atoms with van der Waals surface area (Å²) >= 11 is 0. The highest BCUT2D eigenvalue weighted by atomic mass is 16.1. The summed E-state index contributed by atoms with van der Waals surface area (Å²) in [5.41, 5.74) is 4.16. The van der Waals surface area contributed by atoms with E-state index in [2.05, 4.69) is 10.3 Å². The van der Waals surface area contributed by atoms with E-state index in [1.165, 1.54) is 0 Å². The lowest BCUT2D eigenvalue weighted by atomic mass is 10.1. The molecule has 3 aromatic rings. The smallest absolute Gasteiger partial charge is 0.251 e. The van der Waals surface area contributed by atoms with E-state index in [1.54, 1.807) is 12.1 Å². The van der Waals surface area contributed by atoms with Gasteiger partial charge in [-0.2, -0.15) is 0 Å². The summed E-state index contributed by atoms with van der Waals surface area (Å²) in [6.45, 7) is 2.40. The third-order valence-electron chi connectivity index (χ3n) is 4.40. The van der Waals surface area contributed by atoms with E-state index in [0.717, 1.165) is 22.2 Å². The lowest BCUT2D eigenvalue weighted by molar-refractivity contribution is 0.0954. The van der Waals surface area contributed by atoms with Gasteiger partial charge in [0.15, 0.2) is 0 Å². The summed E-state index contributed by atoms with van der Waals surface area (Å²) < 4.78 is 0. The van der Waals surface area contributed by atoms with Crippen LogP contribution in [0.3, 0.4) is 0 Å². The van der Waals surface area contributed by atoms with E-state index in [0.29, 0.717) is 24.1 Å². The molecule has 0 saturated carbocycles. The summed E-state index contributed by atoms with van der Waals surface area (Å²) in [6, 6.07) is 15.3. The number of hydrogen-bond donors (Lipinski definition) is 2. The zero-order valence-corrected chi connectivity index (χ0v) is 15.3. The Balaban J connectivity index is 1.65. The number of carbonyl (C=O) groups is 1. The predicted octanol–water partition coefficient (Wildman–Crippen LogP) is 2.88. The van der Waals surface area contributed by atoms with Crippen molar-refractivity contribution in [3.05, 3.63) is 75.6 Å². The van der Waals surface area contributed by atoms with Crippen LogP contribution in [0.15, 0.2) is 53.3 Å². The minimum atomic E-state index is -0.136. The summed E-state index contributed by atoms with van der Waals surface area (Å²) in [7, 11) is 3.91. The SMILES string of the molecule is Cc1ccc2cc(CCNC(=O)c3ccc(N(C)C)cc3)c(=O)[nH]c2c1. The van der Waals surface area contributed by atoms with Crippen molar-refractivity contribution in [2.24, 2.45) is 0 Å². The van der Waals surface area contributed by atoms with Crippen molar-refractivity contribution in [3.8, 4) is 0 Å². The van der Waals surface area contributed by atoms with Crippen LogP contribution in [0, 0.1) is 6.92 Å². The summed E-state index contributed by atoms with van der Waals surface area (Å²) in [6.07, 6.45) is 0.487. The number of aromatic nitrogens is 1. The second-order valence-corrected chi connectivity index (χ2v) is 6.66. The molecule has 0 aliphatic rings. The molecule has 0 atom stereocenters. The number of fused-ring (bicyclic) bond motifs is 1. The first-order valence-electron chi connectivity index (χ1n) is 8.62. The molecule has 1 amide bonds. The van der Waals surface area contributed by atoms with Crippen LogP contribution < -0.4 is 15.8 Å². The molecule has 134 valence electrons. The molecule has 2 aromatic carbocycles. The van der Waals surface area contributed by atoms with E-state index < -0.39 is 0 Å². The number of benzene rings is 2. The Morgan fingerprint density at radius 2 is 1.81 bits per heavy atom. The van der Waals surface area contributed by atoms with E-state index >= 15 is 0 Å². The van der Waals surface area contributed by atoms with Crippen molar-refractivity contribution in [2.75, 3.05) is 25.5 Å². The Morgan fingerprint density at radius 3 is 2.50 bits per heavy atom. The number of hydrogen-bond acceptors (Lipinski definition) is 3. The van der Waals surface area contributed by atoms with Crippen molar-refractivity contribution in [2.45, 2.75) is 13.3 Å². The molecule has 3 rings (SSSR count). The van der Waals surface area contributed by atoms with Gasteiger partial charge < -0.3 is 15.2 Å². The number of anilines is 1. The Hall–Kier alpha value is -3.08. The van der Waals surface area contributed by atoms with Gasteiger partial charge in [0, 0.05) is 43.0 Å². The molecular formula is C21H23N3O2. The van der Waals surface area contributed by atoms with Crippen LogP contribution in [-0.2, 0) is 6.42 Å². The second kappa shape index (κ2) is 7.44.